The molecule has 0 saturated heterocycles. The van der Waals surface area contributed by atoms with Crippen molar-refractivity contribution < 1.29 is 27.1 Å². The van der Waals surface area contributed by atoms with Crippen molar-refractivity contribution in [2.45, 2.75) is 10.9 Å². The number of carbonyl (C=O) groups is 1. The van der Waals surface area contributed by atoms with Gasteiger partial charge in [0.05, 0.1) is 6.26 Å². The molecule has 124 valence electrons. The fourth-order valence-electron chi connectivity index (χ4n) is 2.35. The van der Waals surface area contributed by atoms with Crippen molar-refractivity contribution in [2.75, 3.05) is 0 Å². The minimum absolute atomic E-state index is 0.0997. The van der Waals surface area contributed by atoms with Crippen molar-refractivity contribution in [3.05, 3.63) is 66.2 Å². The lowest BCUT2D eigenvalue weighted by Gasteiger charge is -2.16. The van der Waals surface area contributed by atoms with Gasteiger partial charge in [-0.15, -0.1) is 0 Å². The van der Waals surface area contributed by atoms with Crippen LogP contribution in [0.3, 0.4) is 0 Å². The van der Waals surface area contributed by atoms with Crippen LogP contribution in [0.25, 0.3) is 11.0 Å². The second-order valence-corrected chi connectivity index (χ2v) is 6.69. The number of hydrogen-bond donors (Lipinski definition) is 2. The molecule has 0 aliphatic rings. The van der Waals surface area contributed by atoms with Crippen LogP contribution in [0.4, 0.5) is 4.39 Å². The smallest absolute Gasteiger partial charge is 0.326 e. The number of carboxylic acid groups (broad SMARTS) is 1. The molecular weight excluding hydrogens is 337 g/mol. The highest BCUT2D eigenvalue weighted by Gasteiger charge is 2.30. The van der Waals surface area contributed by atoms with Crippen LogP contribution in [0.1, 0.15) is 11.6 Å². The van der Waals surface area contributed by atoms with Crippen LogP contribution in [0.2, 0.25) is 0 Å². The van der Waals surface area contributed by atoms with Crippen LogP contribution in [0.15, 0.2) is 64.1 Å². The Morgan fingerprint density at radius 3 is 2.58 bits per heavy atom. The molecule has 3 rings (SSSR count). The van der Waals surface area contributed by atoms with Gasteiger partial charge in [-0.05, 0) is 18.2 Å². The molecule has 0 fully saturated rings. The number of carboxylic acids is 1. The minimum atomic E-state index is -4.26. The van der Waals surface area contributed by atoms with Gasteiger partial charge in [0.15, 0.2) is 5.58 Å². The maximum atomic E-state index is 13.9. The molecule has 2 aromatic carbocycles. The lowest BCUT2D eigenvalue weighted by molar-refractivity contribution is -0.139. The highest BCUT2D eigenvalue weighted by Crippen LogP contribution is 2.26. The summed E-state index contributed by atoms with van der Waals surface area (Å²) in [7, 11) is -4.26. The van der Waals surface area contributed by atoms with E-state index < -0.39 is 27.9 Å². The summed E-state index contributed by atoms with van der Waals surface area (Å²) in [5.41, 5.74) is -0.178. The Labute approximate surface area is 136 Å². The van der Waals surface area contributed by atoms with Gasteiger partial charge in [-0.1, -0.05) is 30.3 Å². The Kier molecular flexibility index (Phi) is 4.08. The molecule has 0 aliphatic carbocycles. The Balaban J connectivity index is 2.05. The molecule has 0 bridgehead atoms. The number of benzene rings is 2. The summed E-state index contributed by atoms with van der Waals surface area (Å²) in [5.74, 6) is -2.33. The van der Waals surface area contributed by atoms with Gasteiger partial charge in [-0.2, -0.15) is 4.72 Å². The quantitative estimate of drug-likeness (QED) is 0.738. The molecule has 2 N–H and O–H groups in total. The Bertz CT molecular complexity index is 1010. The molecule has 0 spiro atoms. The fraction of sp³-hybridized carbons (Fsp3) is 0.0625. The van der Waals surface area contributed by atoms with E-state index in [-0.39, 0.29) is 16.0 Å². The molecular formula is C16H12FNO5S. The van der Waals surface area contributed by atoms with Crippen LogP contribution in [0.5, 0.6) is 0 Å². The first kappa shape index (κ1) is 16.2. The van der Waals surface area contributed by atoms with Crippen molar-refractivity contribution in [1.29, 1.82) is 0 Å². The van der Waals surface area contributed by atoms with E-state index in [1.165, 1.54) is 36.6 Å². The lowest BCUT2D eigenvalue weighted by atomic mass is 10.1. The summed E-state index contributed by atoms with van der Waals surface area (Å²) in [4.78, 5) is 11.2. The van der Waals surface area contributed by atoms with Crippen molar-refractivity contribution in [3.8, 4) is 0 Å². The molecule has 0 aliphatic heterocycles. The molecule has 0 saturated carbocycles. The summed E-state index contributed by atoms with van der Waals surface area (Å²) < 4.78 is 46.2. The monoisotopic (exact) mass is 349 g/mol. The first-order chi connectivity index (χ1) is 11.4. The SMILES string of the molecule is O=C(O)C(NS(=O)(=O)c1cccc2ccoc12)c1ccccc1F. The van der Waals surface area contributed by atoms with Gasteiger partial charge in [0, 0.05) is 10.9 Å². The highest BCUT2D eigenvalue weighted by molar-refractivity contribution is 7.89. The molecule has 1 aromatic heterocycles. The summed E-state index contributed by atoms with van der Waals surface area (Å²) in [6, 6.07) is 9.35. The van der Waals surface area contributed by atoms with Gasteiger partial charge >= 0.3 is 5.97 Å². The van der Waals surface area contributed by atoms with E-state index in [0.29, 0.717) is 5.39 Å². The van der Waals surface area contributed by atoms with Gasteiger partial charge < -0.3 is 9.52 Å². The first-order valence-corrected chi connectivity index (χ1v) is 8.34. The van der Waals surface area contributed by atoms with Crippen molar-refractivity contribution in [3.63, 3.8) is 0 Å². The molecule has 6 nitrogen and oxygen atoms in total. The van der Waals surface area contributed by atoms with Gasteiger partial charge in [0.2, 0.25) is 10.0 Å². The number of sulfonamides is 1. The Hall–Kier alpha value is -2.71. The van der Waals surface area contributed by atoms with E-state index in [0.717, 1.165) is 6.07 Å². The molecule has 1 heterocycles. The van der Waals surface area contributed by atoms with Crippen LogP contribution in [0, 0.1) is 5.82 Å². The van der Waals surface area contributed by atoms with E-state index in [4.69, 9.17) is 4.42 Å². The minimum Gasteiger partial charge on any atom is -0.480 e. The zero-order valence-corrected chi connectivity index (χ0v) is 13.0. The summed E-state index contributed by atoms with van der Waals surface area (Å²) in [5, 5.41) is 9.87. The third kappa shape index (κ3) is 2.89. The Morgan fingerprint density at radius 1 is 1.12 bits per heavy atom. The highest BCUT2D eigenvalue weighted by atomic mass is 32.2. The van der Waals surface area contributed by atoms with Crippen molar-refractivity contribution >= 4 is 27.0 Å². The largest absolute Gasteiger partial charge is 0.480 e. The molecule has 0 amide bonds. The maximum Gasteiger partial charge on any atom is 0.326 e. The van der Waals surface area contributed by atoms with Gasteiger partial charge in [0.1, 0.15) is 16.8 Å². The average Bonchev–Trinajstić information content (AvgIpc) is 3.01. The van der Waals surface area contributed by atoms with E-state index in [1.807, 2.05) is 4.72 Å². The second-order valence-electron chi connectivity index (χ2n) is 5.01. The molecule has 24 heavy (non-hydrogen) atoms. The predicted octanol–water partition coefficient (Wildman–Crippen LogP) is 2.68. The molecule has 8 heteroatoms. The predicted molar refractivity (Wildman–Crippen MR) is 83.3 cm³/mol. The Morgan fingerprint density at radius 2 is 1.88 bits per heavy atom. The number of fused-ring (bicyclic) bond motifs is 1. The first-order valence-electron chi connectivity index (χ1n) is 6.86. The lowest BCUT2D eigenvalue weighted by Crippen LogP contribution is -2.34. The summed E-state index contributed by atoms with van der Waals surface area (Å²) in [6.45, 7) is 0. The fourth-order valence-corrected chi connectivity index (χ4v) is 3.68. The topological polar surface area (TPSA) is 96.6 Å². The van der Waals surface area contributed by atoms with Crippen LogP contribution in [-0.2, 0) is 14.8 Å². The van der Waals surface area contributed by atoms with Gasteiger partial charge in [0.25, 0.3) is 0 Å². The number of para-hydroxylation sites is 1. The number of rotatable bonds is 5. The molecule has 0 radical (unpaired) electrons. The molecule has 3 aromatic rings. The number of furan rings is 1. The van der Waals surface area contributed by atoms with Gasteiger partial charge in [-0.25, -0.2) is 12.8 Å². The zero-order valence-electron chi connectivity index (χ0n) is 12.1. The third-order valence-corrected chi connectivity index (χ3v) is 4.92. The summed E-state index contributed by atoms with van der Waals surface area (Å²) in [6.07, 6.45) is 1.33. The van der Waals surface area contributed by atoms with Crippen LogP contribution < -0.4 is 4.72 Å². The maximum absolute atomic E-state index is 13.9. The van der Waals surface area contributed by atoms with Crippen LogP contribution in [-0.4, -0.2) is 19.5 Å². The normalized spacial score (nSPS) is 13.0. The standard InChI is InChI=1S/C16H12FNO5S/c17-12-6-2-1-5-11(12)14(16(19)20)18-24(21,22)13-7-3-4-10-8-9-23-15(10)13/h1-9,14,18H,(H,19,20). The van der Waals surface area contributed by atoms with E-state index >= 15 is 0 Å². The zero-order chi connectivity index (χ0) is 17.3. The van der Waals surface area contributed by atoms with Crippen molar-refractivity contribution in [1.82, 2.24) is 4.72 Å². The number of halogens is 1. The molecule has 1 atom stereocenters. The summed E-state index contributed by atoms with van der Waals surface area (Å²) >= 11 is 0. The second kappa shape index (κ2) is 6.06. The number of nitrogens with one attached hydrogen (secondary N) is 1. The van der Waals surface area contributed by atoms with E-state index in [2.05, 4.69) is 0 Å². The van der Waals surface area contributed by atoms with E-state index in [9.17, 15) is 22.7 Å². The van der Waals surface area contributed by atoms with Gasteiger partial charge in [-0.3, -0.25) is 4.79 Å². The molecule has 1 unspecified atom stereocenters. The van der Waals surface area contributed by atoms with Crippen LogP contribution >= 0.6 is 0 Å². The number of hydrogen-bond acceptors (Lipinski definition) is 4. The number of aliphatic carboxylic acids is 1. The third-order valence-electron chi connectivity index (χ3n) is 3.47. The van der Waals surface area contributed by atoms with Crippen molar-refractivity contribution in [2.24, 2.45) is 0 Å². The van der Waals surface area contributed by atoms with E-state index in [1.54, 1.807) is 12.1 Å². The average molecular weight is 349 g/mol.